The third kappa shape index (κ3) is 5.90. The summed E-state index contributed by atoms with van der Waals surface area (Å²) in [4.78, 5) is 14.3. The van der Waals surface area contributed by atoms with Crippen LogP contribution in [-0.4, -0.2) is 16.6 Å². The van der Waals surface area contributed by atoms with Gasteiger partial charge in [-0.3, -0.25) is 4.79 Å². The Morgan fingerprint density at radius 2 is 1.74 bits per heavy atom. The molecule has 3 rings (SSSR count). The van der Waals surface area contributed by atoms with Gasteiger partial charge in [0, 0.05) is 23.5 Å². The molecule has 2 nitrogen and oxygen atoms in total. The zero-order valence-corrected chi connectivity index (χ0v) is 22.4. The van der Waals surface area contributed by atoms with Gasteiger partial charge in [-0.1, -0.05) is 46.3 Å². The lowest BCUT2D eigenvalue weighted by atomic mass is 9.63. The Hall–Kier alpha value is -1.95. The molecule has 2 aliphatic rings. The topological polar surface area (TPSA) is 37.3 Å². The zero-order chi connectivity index (χ0) is 26.2. The Morgan fingerprint density at radius 3 is 2.26 bits per heavy atom. The fourth-order valence-electron chi connectivity index (χ4n) is 5.41. The fraction of sp³-hybridized carbons (Fsp3) is 0.552. The molecule has 0 saturated heterocycles. The monoisotopic (exact) mass is 506 g/mol. The third-order valence-corrected chi connectivity index (χ3v) is 9.26. The highest BCUT2D eigenvalue weighted by Gasteiger charge is 2.43. The molecule has 0 fully saturated rings. The lowest BCUT2D eigenvalue weighted by molar-refractivity contribution is -0.137. The van der Waals surface area contributed by atoms with Crippen LogP contribution in [0.2, 0.25) is 0 Å². The van der Waals surface area contributed by atoms with Crippen LogP contribution in [0.4, 0.5) is 13.2 Å². The smallest absolute Gasteiger partial charge is 0.416 e. The minimum absolute atomic E-state index is 0.0000619. The van der Waals surface area contributed by atoms with Gasteiger partial charge in [-0.25, -0.2) is 0 Å². The minimum atomic E-state index is -4.35. The Labute approximate surface area is 211 Å². The Bertz CT molecular complexity index is 1060. The summed E-state index contributed by atoms with van der Waals surface area (Å²) in [5.41, 5.74) is 2.87. The summed E-state index contributed by atoms with van der Waals surface area (Å²) < 4.78 is 38.5. The fourth-order valence-corrected chi connectivity index (χ4v) is 6.52. The molecule has 2 aliphatic carbocycles. The van der Waals surface area contributed by atoms with Crippen molar-refractivity contribution >= 4 is 17.5 Å². The number of hydrogen-bond acceptors (Lipinski definition) is 3. The van der Waals surface area contributed by atoms with Gasteiger partial charge >= 0.3 is 6.18 Å². The molecule has 0 spiro atoms. The summed E-state index contributed by atoms with van der Waals surface area (Å²) in [6.45, 7) is 12.7. The summed E-state index contributed by atoms with van der Waals surface area (Å²) in [6.07, 6.45) is 1.21. The van der Waals surface area contributed by atoms with E-state index in [0.29, 0.717) is 24.2 Å². The van der Waals surface area contributed by atoms with Crippen LogP contribution in [-0.2, 0) is 11.0 Å². The number of carbonyl (C=O) groups is 1. The first-order valence-corrected chi connectivity index (χ1v) is 13.4. The molecule has 6 heteroatoms. The second-order valence-corrected chi connectivity index (χ2v) is 12.0. The first-order valence-electron chi connectivity index (χ1n) is 12.4. The van der Waals surface area contributed by atoms with E-state index in [9.17, 15) is 23.1 Å². The number of hydrogen-bond donors (Lipinski definition) is 1. The first-order chi connectivity index (χ1) is 16.2. The lowest BCUT2D eigenvalue weighted by Gasteiger charge is -2.41. The number of Topliss-reactive ketones (excluding diaryl/α,β-unsaturated/α-hetero) is 1. The zero-order valence-electron chi connectivity index (χ0n) is 21.6. The van der Waals surface area contributed by atoms with Crippen LogP contribution in [0.3, 0.4) is 0 Å². The molecule has 35 heavy (non-hydrogen) atoms. The van der Waals surface area contributed by atoms with Gasteiger partial charge in [0.1, 0.15) is 5.76 Å². The Morgan fingerprint density at radius 1 is 1.11 bits per heavy atom. The van der Waals surface area contributed by atoms with Crippen LogP contribution in [0.15, 0.2) is 63.3 Å². The Kier molecular flexibility index (Phi) is 8.05. The van der Waals surface area contributed by atoms with Gasteiger partial charge in [0.05, 0.1) is 11.1 Å². The number of halogens is 3. The standard InChI is InChI=1S/C29H37F3O2S/c1-7-19-13-18(3)16-28(6,8-2)26(19)25-23(33)14-21(15-24(25)34)27(4,5)17-35-22-11-9-20(10-12-22)29(30,31)32/h9-13,21,33H,7-8,14-17H2,1-6H3. The van der Waals surface area contributed by atoms with Crippen molar-refractivity contribution in [3.8, 4) is 0 Å². The maximum Gasteiger partial charge on any atom is 0.416 e. The molecule has 192 valence electrons. The molecule has 0 aromatic heterocycles. The van der Waals surface area contributed by atoms with Crippen molar-refractivity contribution in [3.05, 3.63) is 64.0 Å². The van der Waals surface area contributed by atoms with Crippen LogP contribution >= 0.6 is 11.8 Å². The molecule has 0 aliphatic heterocycles. The molecule has 2 unspecified atom stereocenters. The third-order valence-electron chi connectivity index (χ3n) is 7.76. The van der Waals surface area contributed by atoms with Crippen molar-refractivity contribution < 1.29 is 23.1 Å². The van der Waals surface area contributed by atoms with E-state index in [1.807, 2.05) is 0 Å². The highest BCUT2D eigenvalue weighted by atomic mass is 32.2. The number of allylic oxidation sites excluding steroid dienone is 6. The van der Waals surface area contributed by atoms with Gasteiger partial charge in [-0.15, -0.1) is 11.8 Å². The SMILES string of the molecule is CCC1=C(C2=C(O)CC(C(C)(C)CSc3ccc(C(F)(F)F)cc3)CC2=O)C(C)(CC)CC(C)=C1. The number of benzene rings is 1. The summed E-state index contributed by atoms with van der Waals surface area (Å²) in [7, 11) is 0. The number of rotatable bonds is 7. The maximum absolute atomic E-state index is 13.5. The van der Waals surface area contributed by atoms with E-state index in [-0.39, 0.29) is 28.3 Å². The summed E-state index contributed by atoms with van der Waals surface area (Å²) in [5.74, 6) is 0.781. The molecule has 0 bridgehead atoms. The van der Waals surface area contributed by atoms with Gasteiger partial charge in [0.2, 0.25) is 0 Å². The van der Waals surface area contributed by atoms with Crippen molar-refractivity contribution in [1.29, 1.82) is 0 Å². The molecule has 0 heterocycles. The first kappa shape index (κ1) is 27.6. The molecule has 0 amide bonds. The van der Waals surface area contributed by atoms with Crippen LogP contribution in [0, 0.1) is 16.7 Å². The average Bonchev–Trinajstić information content (AvgIpc) is 2.78. The van der Waals surface area contributed by atoms with Gasteiger partial charge in [0.15, 0.2) is 5.78 Å². The lowest BCUT2D eigenvalue weighted by Crippen LogP contribution is -2.36. The van der Waals surface area contributed by atoms with Crippen molar-refractivity contribution in [2.45, 2.75) is 84.7 Å². The summed E-state index contributed by atoms with van der Waals surface area (Å²) in [5, 5.41) is 11.2. The number of carbonyl (C=O) groups excluding carboxylic acids is 1. The summed E-state index contributed by atoms with van der Waals surface area (Å²) >= 11 is 1.49. The summed E-state index contributed by atoms with van der Waals surface area (Å²) in [6, 6.07) is 5.19. The largest absolute Gasteiger partial charge is 0.512 e. The maximum atomic E-state index is 13.5. The number of ketones is 1. The van der Waals surface area contributed by atoms with E-state index < -0.39 is 11.7 Å². The van der Waals surface area contributed by atoms with E-state index in [2.05, 4.69) is 47.6 Å². The molecule has 0 radical (unpaired) electrons. The number of thioether (sulfide) groups is 1. The van der Waals surface area contributed by atoms with E-state index in [1.54, 1.807) is 0 Å². The average molecular weight is 507 g/mol. The minimum Gasteiger partial charge on any atom is -0.512 e. The molecule has 0 saturated carbocycles. The van der Waals surface area contributed by atoms with Crippen LogP contribution in [0.25, 0.3) is 0 Å². The molecular weight excluding hydrogens is 469 g/mol. The quantitative estimate of drug-likeness (QED) is 0.375. The molecule has 2 atom stereocenters. The van der Waals surface area contributed by atoms with Gasteiger partial charge in [0.25, 0.3) is 0 Å². The van der Waals surface area contributed by atoms with Gasteiger partial charge in [-0.05, 0) is 78.3 Å². The second-order valence-electron chi connectivity index (χ2n) is 11.0. The Balaban J connectivity index is 1.82. The van der Waals surface area contributed by atoms with Crippen LogP contribution < -0.4 is 0 Å². The van der Waals surface area contributed by atoms with Crippen molar-refractivity contribution in [3.63, 3.8) is 0 Å². The van der Waals surface area contributed by atoms with Crippen LogP contribution in [0.5, 0.6) is 0 Å². The number of aliphatic hydroxyl groups is 1. The highest BCUT2D eigenvalue weighted by Crippen LogP contribution is 2.51. The van der Waals surface area contributed by atoms with Crippen molar-refractivity contribution in [1.82, 2.24) is 0 Å². The van der Waals surface area contributed by atoms with E-state index in [1.165, 1.54) is 29.5 Å². The van der Waals surface area contributed by atoms with Crippen molar-refractivity contribution in [2.75, 3.05) is 5.75 Å². The number of aliphatic hydroxyl groups excluding tert-OH is 1. The van der Waals surface area contributed by atoms with Gasteiger partial charge < -0.3 is 5.11 Å². The highest BCUT2D eigenvalue weighted by molar-refractivity contribution is 7.99. The van der Waals surface area contributed by atoms with E-state index >= 15 is 0 Å². The number of alkyl halides is 3. The second kappa shape index (κ2) is 10.2. The van der Waals surface area contributed by atoms with Gasteiger partial charge in [-0.2, -0.15) is 13.2 Å². The normalized spacial score (nSPS) is 24.2. The molecule has 1 N–H and O–H groups in total. The van der Waals surface area contributed by atoms with E-state index in [4.69, 9.17) is 0 Å². The molecule has 1 aromatic carbocycles. The van der Waals surface area contributed by atoms with E-state index in [0.717, 1.165) is 47.4 Å². The molecule has 1 aromatic rings. The molecular formula is C29H37F3O2S. The van der Waals surface area contributed by atoms with Crippen molar-refractivity contribution in [2.24, 2.45) is 16.7 Å². The predicted molar refractivity (Wildman–Crippen MR) is 137 cm³/mol. The predicted octanol–water partition coefficient (Wildman–Crippen LogP) is 9.09. The van der Waals surface area contributed by atoms with Crippen LogP contribution in [0.1, 0.15) is 79.2 Å².